The number of carbonyl (C=O) groups excluding carboxylic acids is 1. The SMILES string of the molecule is Bc1ccc(CCC(=C2CC2)N2CCC(Cc3ccccc3)(C(=O)CCCCc3ccc(F)cc3)CC2)cc1. The largest absolute Gasteiger partial charge is 0.375 e. The number of halogens is 1. The fraction of sp³-hybridized carbons (Fsp3) is 0.400. The Morgan fingerprint density at radius 1 is 0.769 bits per heavy atom. The van der Waals surface area contributed by atoms with E-state index in [2.05, 4.69) is 67.3 Å². The van der Waals surface area contributed by atoms with Crippen LogP contribution in [0.25, 0.3) is 0 Å². The van der Waals surface area contributed by atoms with E-state index in [4.69, 9.17) is 0 Å². The van der Waals surface area contributed by atoms with Crippen molar-refractivity contribution in [2.45, 2.75) is 70.6 Å². The summed E-state index contributed by atoms with van der Waals surface area (Å²) in [5, 5.41) is 0. The first-order valence-corrected chi connectivity index (χ1v) is 14.8. The normalized spacial score (nSPS) is 16.2. The lowest BCUT2D eigenvalue weighted by Gasteiger charge is -2.43. The first-order valence-electron chi connectivity index (χ1n) is 14.8. The third kappa shape index (κ3) is 7.50. The highest BCUT2D eigenvalue weighted by molar-refractivity contribution is 6.32. The Kier molecular flexibility index (Phi) is 9.01. The van der Waals surface area contributed by atoms with Crippen molar-refractivity contribution in [3.05, 3.63) is 113 Å². The van der Waals surface area contributed by atoms with Gasteiger partial charge < -0.3 is 4.90 Å². The van der Waals surface area contributed by atoms with Gasteiger partial charge in [-0.15, -0.1) is 0 Å². The number of ketones is 1. The lowest BCUT2D eigenvalue weighted by molar-refractivity contribution is -0.131. The molecule has 1 aliphatic carbocycles. The van der Waals surface area contributed by atoms with Gasteiger partial charge >= 0.3 is 0 Å². The van der Waals surface area contributed by atoms with Crippen LogP contribution in [0.1, 0.15) is 68.1 Å². The molecule has 39 heavy (non-hydrogen) atoms. The summed E-state index contributed by atoms with van der Waals surface area (Å²) in [6.45, 7) is 1.95. The van der Waals surface area contributed by atoms with Gasteiger partial charge in [0.15, 0.2) is 0 Å². The Balaban J connectivity index is 1.21. The number of benzene rings is 3. The maximum atomic E-state index is 13.9. The number of aryl methyl sites for hydroxylation is 2. The van der Waals surface area contributed by atoms with Crippen LogP contribution in [0.5, 0.6) is 0 Å². The van der Waals surface area contributed by atoms with E-state index in [1.807, 2.05) is 12.1 Å². The Morgan fingerprint density at radius 2 is 1.41 bits per heavy atom. The van der Waals surface area contributed by atoms with Crippen molar-refractivity contribution in [2.75, 3.05) is 13.1 Å². The number of hydrogen-bond donors (Lipinski definition) is 0. The molecule has 1 aliphatic heterocycles. The molecule has 2 fully saturated rings. The van der Waals surface area contributed by atoms with E-state index in [0.717, 1.165) is 70.0 Å². The van der Waals surface area contributed by atoms with Gasteiger partial charge in [0, 0.05) is 30.6 Å². The summed E-state index contributed by atoms with van der Waals surface area (Å²) in [7, 11) is 2.14. The maximum Gasteiger partial charge on any atom is 0.139 e. The molecule has 0 aromatic heterocycles. The number of hydrogen-bond acceptors (Lipinski definition) is 2. The first kappa shape index (κ1) is 27.4. The minimum atomic E-state index is -0.274. The summed E-state index contributed by atoms with van der Waals surface area (Å²) in [5.41, 5.74) is 8.04. The zero-order valence-corrected chi connectivity index (χ0v) is 23.4. The molecule has 2 aliphatic rings. The predicted molar refractivity (Wildman–Crippen MR) is 162 cm³/mol. The van der Waals surface area contributed by atoms with Crippen LogP contribution in [0.2, 0.25) is 0 Å². The Bertz CT molecular complexity index is 1250. The van der Waals surface area contributed by atoms with Crippen LogP contribution in [0.4, 0.5) is 4.39 Å². The van der Waals surface area contributed by atoms with Crippen LogP contribution >= 0.6 is 0 Å². The summed E-state index contributed by atoms with van der Waals surface area (Å²) in [4.78, 5) is 16.5. The van der Waals surface area contributed by atoms with Gasteiger partial charge in [-0.05, 0) is 93.0 Å². The molecular formula is C35H41BFNO. The van der Waals surface area contributed by atoms with Crippen molar-refractivity contribution in [2.24, 2.45) is 5.41 Å². The molecule has 0 atom stereocenters. The quantitative estimate of drug-likeness (QED) is 0.204. The molecule has 4 heteroatoms. The average molecular weight is 522 g/mol. The topological polar surface area (TPSA) is 20.3 Å². The third-order valence-electron chi connectivity index (χ3n) is 8.79. The monoisotopic (exact) mass is 521 g/mol. The van der Waals surface area contributed by atoms with Crippen LogP contribution in [0.3, 0.4) is 0 Å². The molecule has 3 aromatic carbocycles. The summed E-state index contributed by atoms with van der Waals surface area (Å²) < 4.78 is 13.2. The Morgan fingerprint density at radius 3 is 2.08 bits per heavy atom. The molecule has 0 N–H and O–H groups in total. The molecule has 1 saturated heterocycles. The van der Waals surface area contributed by atoms with Crippen LogP contribution in [0, 0.1) is 11.2 Å². The molecule has 0 bridgehead atoms. The van der Waals surface area contributed by atoms with Crippen molar-refractivity contribution < 1.29 is 9.18 Å². The van der Waals surface area contributed by atoms with Gasteiger partial charge in [-0.1, -0.05) is 77.8 Å². The number of likely N-dealkylation sites (tertiary alicyclic amines) is 1. The number of allylic oxidation sites excluding steroid dienone is 2. The second kappa shape index (κ2) is 12.8. The van der Waals surface area contributed by atoms with E-state index >= 15 is 0 Å². The highest BCUT2D eigenvalue weighted by atomic mass is 19.1. The van der Waals surface area contributed by atoms with Crippen molar-refractivity contribution in [3.8, 4) is 0 Å². The standard InChI is InChI=1S/C35H41BFNO/c36-31-17-10-28(11-18-31)14-21-33(30-15-16-30)38-24-22-35(23-25-38,26-29-7-2-1-3-8-29)34(39)9-5-4-6-27-12-19-32(37)20-13-27/h1-3,7-8,10-13,17-20H,4-6,9,14-16,21-26,36H2. The molecule has 0 radical (unpaired) electrons. The molecule has 1 saturated carbocycles. The first-order chi connectivity index (χ1) is 19.0. The number of rotatable bonds is 12. The van der Waals surface area contributed by atoms with Gasteiger partial charge in [0.25, 0.3) is 0 Å². The molecule has 202 valence electrons. The van der Waals surface area contributed by atoms with Crippen molar-refractivity contribution in [1.82, 2.24) is 4.90 Å². The molecule has 3 aromatic rings. The molecule has 5 rings (SSSR count). The zero-order chi connectivity index (χ0) is 27.1. The van der Waals surface area contributed by atoms with Gasteiger partial charge in [-0.25, -0.2) is 4.39 Å². The Hall–Kier alpha value is -3.14. The van der Waals surface area contributed by atoms with Gasteiger partial charge in [0.05, 0.1) is 0 Å². The zero-order valence-electron chi connectivity index (χ0n) is 23.4. The number of carbonyl (C=O) groups is 1. The number of Topliss-reactive ketones (excluding diaryl/α,β-unsaturated/α-hetero) is 1. The molecule has 0 unspecified atom stereocenters. The van der Waals surface area contributed by atoms with Gasteiger partial charge in [-0.3, -0.25) is 4.79 Å². The number of nitrogens with zero attached hydrogens (tertiary/aromatic N) is 1. The minimum Gasteiger partial charge on any atom is -0.375 e. The van der Waals surface area contributed by atoms with E-state index in [0.29, 0.717) is 12.2 Å². The summed E-state index contributed by atoms with van der Waals surface area (Å²) >= 11 is 0. The fourth-order valence-corrected chi connectivity index (χ4v) is 6.20. The van der Waals surface area contributed by atoms with Gasteiger partial charge in [0.2, 0.25) is 0 Å². The lowest BCUT2D eigenvalue weighted by Crippen LogP contribution is -2.45. The van der Waals surface area contributed by atoms with E-state index in [-0.39, 0.29) is 11.2 Å². The molecule has 0 amide bonds. The average Bonchev–Trinajstić information content (AvgIpc) is 3.80. The van der Waals surface area contributed by atoms with Crippen molar-refractivity contribution >= 4 is 19.1 Å². The second-order valence-electron chi connectivity index (χ2n) is 11.7. The predicted octanol–water partition coefficient (Wildman–Crippen LogP) is 6.37. The second-order valence-corrected chi connectivity index (χ2v) is 11.7. The number of unbranched alkanes of at least 4 members (excludes halogenated alkanes) is 1. The third-order valence-corrected chi connectivity index (χ3v) is 8.79. The maximum absolute atomic E-state index is 13.9. The summed E-state index contributed by atoms with van der Waals surface area (Å²) in [6.07, 6.45) is 10.7. The highest BCUT2D eigenvalue weighted by Gasteiger charge is 2.41. The van der Waals surface area contributed by atoms with E-state index in [9.17, 15) is 9.18 Å². The molecule has 0 spiro atoms. The van der Waals surface area contributed by atoms with Crippen LogP contribution in [-0.4, -0.2) is 31.6 Å². The Labute approximate surface area is 234 Å². The number of piperidine rings is 1. The van der Waals surface area contributed by atoms with Crippen LogP contribution in [-0.2, 0) is 24.1 Å². The van der Waals surface area contributed by atoms with Gasteiger partial charge in [-0.2, -0.15) is 0 Å². The smallest absolute Gasteiger partial charge is 0.139 e. The van der Waals surface area contributed by atoms with Crippen LogP contribution in [0.15, 0.2) is 90.1 Å². The van der Waals surface area contributed by atoms with Crippen LogP contribution < -0.4 is 5.46 Å². The van der Waals surface area contributed by atoms with Gasteiger partial charge in [0.1, 0.15) is 19.4 Å². The van der Waals surface area contributed by atoms with E-state index in [1.54, 1.807) is 11.3 Å². The minimum absolute atomic E-state index is 0.196. The summed E-state index contributed by atoms with van der Waals surface area (Å²) in [5.74, 6) is 0.240. The highest BCUT2D eigenvalue weighted by Crippen LogP contribution is 2.42. The molecular weight excluding hydrogens is 480 g/mol. The van der Waals surface area contributed by atoms with Crippen molar-refractivity contribution in [3.63, 3.8) is 0 Å². The molecule has 2 nitrogen and oxygen atoms in total. The van der Waals surface area contributed by atoms with E-state index in [1.165, 1.54) is 41.6 Å². The summed E-state index contributed by atoms with van der Waals surface area (Å²) in [6, 6.07) is 26.3. The van der Waals surface area contributed by atoms with Crippen molar-refractivity contribution in [1.29, 1.82) is 0 Å². The molecule has 1 heterocycles. The fourth-order valence-electron chi connectivity index (χ4n) is 6.20. The lowest BCUT2D eigenvalue weighted by atomic mass is 9.69. The van der Waals surface area contributed by atoms with E-state index < -0.39 is 0 Å².